The van der Waals surface area contributed by atoms with Crippen molar-refractivity contribution in [3.05, 3.63) is 35.9 Å². The SMILES string of the molecule is CC(C)(C)OC(=O)N[C@H](CC[C@H](O)CO)COCc1ccccc1. The molecule has 6 heteroatoms. The van der Waals surface area contributed by atoms with Crippen LogP contribution in [-0.4, -0.2) is 47.3 Å². The number of rotatable bonds is 9. The van der Waals surface area contributed by atoms with E-state index in [1.807, 2.05) is 30.3 Å². The Morgan fingerprint density at radius 1 is 1.21 bits per heavy atom. The average molecular weight is 339 g/mol. The maximum absolute atomic E-state index is 11.9. The van der Waals surface area contributed by atoms with E-state index in [9.17, 15) is 9.90 Å². The van der Waals surface area contributed by atoms with E-state index in [1.54, 1.807) is 20.8 Å². The first-order valence-electron chi connectivity index (χ1n) is 8.20. The summed E-state index contributed by atoms with van der Waals surface area (Å²) in [7, 11) is 0. The standard InChI is InChI=1S/C18H29NO5/c1-18(2,3)24-17(22)19-15(9-10-16(21)11-20)13-23-12-14-7-5-4-6-8-14/h4-8,15-16,20-21H,9-13H2,1-3H3,(H,19,22)/t15-,16+/m1/s1. The maximum Gasteiger partial charge on any atom is 0.407 e. The minimum Gasteiger partial charge on any atom is -0.444 e. The van der Waals surface area contributed by atoms with Gasteiger partial charge >= 0.3 is 6.09 Å². The van der Waals surface area contributed by atoms with Gasteiger partial charge in [-0.15, -0.1) is 0 Å². The lowest BCUT2D eigenvalue weighted by molar-refractivity contribution is 0.0383. The highest BCUT2D eigenvalue weighted by atomic mass is 16.6. The number of carbonyl (C=O) groups is 1. The molecule has 0 aliphatic carbocycles. The van der Waals surface area contributed by atoms with Crippen LogP contribution in [0.1, 0.15) is 39.2 Å². The van der Waals surface area contributed by atoms with Gasteiger partial charge in [0.1, 0.15) is 5.60 Å². The Hall–Kier alpha value is -1.63. The highest BCUT2D eigenvalue weighted by Crippen LogP contribution is 2.09. The van der Waals surface area contributed by atoms with Crippen LogP contribution in [0.25, 0.3) is 0 Å². The Kier molecular flexibility index (Phi) is 8.74. The number of hydrogen-bond acceptors (Lipinski definition) is 5. The smallest absolute Gasteiger partial charge is 0.407 e. The second-order valence-corrected chi connectivity index (χ2v) is 6.76. The molecule has 6 nitrogen and oxygen atoms in total. The number of benzene rings is 1. The molecule has 24 heavy (non-hydrogen) atoms. The van der Waals surface area contributed by atoms with Gasteiger partial charge in [-0.25, -0.2) is 4.79 Å². The summed E-state index contributed by atoms with van der Waals surface area (Å²) in [5.41, 5.74) is 0.466. The first-order chi connectivity index (χ1) is 11.3. The molecule has 1 aromatic carbocycles. The summed E-state index contributed by atoms with van der Waals surface area (Å²) >= 11 is 0. The van der Waals surface area contributed by atoms with Crippen molar-refractivity contribution in [1.29, 1.82) is 0 Å². The van der Waals surface area contributed by atoms with Crippen LogP contribution in [0.2, 0.25) is 0 Å². The number of carbonyl (C=O) groups excluding carboxylic acids is 1. The number of amides is 1. The van der Waals surface area contributed by atoms with Gasteiger partial charge in [0, 0.05) is 0 Å². The van der Waals surface area contributed by atoms with Gasteiger partial charge in [0.15, 0.2) is 0 Å². The summed E-state index contributed by atoms with van der Waals surface area (Å²) in [6.07, 6.45) is -0.474. The molecule has 0 aliphatic heterocycles. The normalized spacial score (nSPS) is 14.0. The Morgan fingerprint density at radius 2 is 1.88 bits per heavy atom. The van der Waals surface area contributed by atoms with Gasteiger partial charge in [-0.3, -0.25) is 0 Å². The Labute approximate surface area is 143 Å². The van der Waals surface area contributed by atoms with Crippen LogP contribution in [0, 0.1) is 0 Å². The quantitative estimate of drug-likeness (QED) is 0.642. The molecule has 0 bridgehead atoms. The number of hydrogen-bond donors (Lipinski definition) is 3. The fourth-order valence-corrected chi connectivity index (χ4v) is 2.05. The number of ether oxygens (including phenoxy) is 2. The average Bonchev–Trinajstić information content (AvgIpc) is 2.51. The third-order valence-electron chi connectivity index (χ3n) is 3.21. The van der Waals surface area contributed by atoms with Crippen LogP contribution in [0.4, 0.5) is 4.79 Å². The Balaban J connectivity index is 2.48. The van der Waals surface area contributed by atoms with Gasteiger partial charge in [0.05, 0.1) is 32.0 Å². The van der Waals surface area contributed by atoms with Crippen molar-refractivity contribution in [3.63, 3.8) is 0 Å². The molecule has 0 saturated heterocycles. The lowest BCUT2D eigenvalue weighted by Gasteiger charge is -2.24. The third kappa shape index (κ3) is 9.50. The second kappa shape index (κ2) is 10.3. The van der Waals surface area contributed by atoms with Crippen molar-refractivity contribution in [2.75, 3.05) is 13.2 Å². The molecular weight excluding hydrogens is 310 g/mol. The van der Waals surface area contributed by atoms with E-state index in [2.05, 4.69) is 5.32 Å². The van der Waals surface area contributed by atoms with E-state index in [4.69, 9.17) is 14.6 Å². The lowest BCUT2D eigenvalue weighted by atomic mass is 10.1. The molecule has 0 radical (unpaired) electrons. The van der Waals surface area contributed by atoms with E-state index in [-0.39, 0.29) is 12.6 Å². The van der Waals surface area contributed by atoms with Crippen LogP contribution >= 0.6 is 0 Å². The van der Waals surface area contributed by atoms with E-state index < -0.39 is 17.8 Å². The Bertz CT molecular complexity index is 472. The van der Waals surface area contributed by atoms with Crippen LogP contribution in [0.3, 0.4) is 0 Å². The molecule has 1 aromatic rings. The molecule has 1 rings (SSSR count). The molecular formula is C18H29NO5. The molecule has 0 aliphatic rings. The first-order valence-corrected chi connectivity index (χ1v) is 8.20. The molecule has 0 heterocycles. The highest BCUT2D eigenvalue weighted by molar-refractivity contribution is 5.68. The van der Waals surface area contributed by atoms with E-state index >= 15 is 0 Å². The lowest BCUT2D eigenvalue weighted by Crippen LogP contribution is -2.42. The van der Waals surface area contributed by atoms with Crippen LogP contribution in [0.5, 0.6) is 0 Å². The summed E-state index contributed by atoms with van der Waals surface area (Å²) < 4.78 is 10.9. The van der Waals surface area contributed by atoms with Crippen molar-refractivity contribution < 1.29 is 24.5 Å². The first kappa shape index (κ1) is 20.4. The van der Waals surface area contributed by atoms with Crippen LogP contribution in [-0.2, 0) is 16.1 Å². The summed E-state index contributed by atoms with van der Waals surface area (Å²) in [6.45, 7) is 5.82. The summed E-state index contributed by atoms with van der Waals surface area (Å²) in [5.74, 6) is 0. The number of aliphatic hydroxyl groups is 2. The molecule has 0 unspecified atom stereocenters. The predicted molar refractivity (Wildman–Crippen MR) is 91.6 cm³/mol. The van der Waals surface area contributed by atoms with Crippen LogP contribution in [0.15, 0.2) is 30.3 Å². The van der Waals surface area contributed by atoms with Gasteiger partial charge < -0.3 is 25.0 Å². The zero-order valence-corrected chi connectivity index (χ0v) is 14.7. The number of aliphatic hydroxyl groups excluding tert-OH is 2. The zero-order chi connectivity index (χ0) is 18.0. The number of nitrogens with one attached hydrogen (secondary N) is 1. The highest BCUT2D eigenvalue weighted by Gasteiger charge is 2.20. The van der Waals surface area contributed by atoms with Gasteiger partial charge in [-0.1, -0.05) is 30.3 Å². The fraction of sp³-hybridized carbons (Fsp3) is 0.611. The molecule has 0 fully saturated rings. The van der Waals surface area contributed by atoms with E-state index in [0.29, 0.717) is 26.1 Å². The second-order valence-electron chi connectivity index (χ2n) is 6.76. The summed E-state index contributed by atoms with van der Waals surface area (Å²) in [5, 5.41) is 21.2. The van der Waals surface area contributed by atoms with Crippen molar-refractivity contribution >= 4 is 6.09 Å². The van der Waals surface area contributed by atoms with Gasteiger partial charge in [-0.05, 0) is 39.2 Å². The van der Waals surface area contributed by atoms with Gasteiger partial charge in [-0.2, -0.15) is 0 Å². The van der Waals surface area contributed by atoms with Crippen molar-refractivity contribution in [3.8, 4) is 0 Å². The monoisotopic (exact) mass is 339 g/mol. The molecule has 2 atom stereocenters. The summed E-state index contributed by atoms with van der Waals surface area (Å²) in [4.78, 5) is 11.9. The Morgan fingerprint density at radius 3 is 2.46 bits per heavy atom. The predicted octanol–water partition coefficient (Wildman–Crippen LogP) is 2.23. The van der Waals surface area contributed by atoms with Gasteiger partial charge in [0.2, 0.25) is 0 Å². The van der Waals surface area contributed by atoms with Crippen molar-refractivity contribution in [2.45, 2.75) is 58.0 Å². The van der Waals surface area contributed by atoms with E-state index in [1.165, 1.54) is 0 Å². The molecule has 0 aromatic heterocycles. The molecule has 3 N–H and O–H groups in total. The third-order valence-corrected chi connectivity index (χ3v) is 3.21. The van der Waals surface area contributed by atoms with Gasteiger partial charge in [0.25, 0.3) is 0 Å². The summed E-state index contributed by atoms with van der Waals surface area (Å²) in [6, 6.07) is 9.44. The van der Waals surface area contributed by atoms with Crippen molar-refractivity contribution in [1.82, 2.24) is 5.32 Å². The largest absolute Gasteiger partial charge is 0.444 e. The van der Waals surface area contributed by atoms with Crippen LogP contribution < -0.4 is 5.32 Å². The minimum absolute atomic E-state index is 0.298. The van der Waals surface area contributed by atoms with Crippen molar-refractivity contribution in [2.24, 2.45) is 0 Å². The molecule has 0 saturated carbocycles. The minimum atomic E-state index is -0.804. The molecule has 0 spiro atoms. The zero-order valence-electron chi connectivity index (χ0n) is 14.7. The molecule has 136 valence electrons. The fourth-order valence-electron chi connectivity index (χ4n) is 2.05. The molecule has 1 amide bonds. The van der Waals surface area contributed by atoms with E-state index in [0.717, 1.165) is 5.56 Å². The topological polar surface area (TPSA) is 88.0 Å². The number of alkyl carbamates (subject to hydrolysis) is 1. The maximum atomic E-state index is 11.9.